The van der Waals surface area contributed by atoms with Gasteiger partial charge < -0.3 is 10.1 Å². The monoisotopic (exact) mass is 467 g/mol. The van der Waals surface area contributed by atoms with Gasteiger partial charge >= 0.3 is 0 Å². The molecule has 2 aromatic carbocycles. The largest absolute Gasteiger partial charge is 0.457 e. The predicted molar refractivity (Wildman–Crippen MR) is 126 cm³/mol. The number of H-pyrrole nitrogens is 1. The van der Waals surface area contributed by atoms with Gasteiger partial charge in [0.2, 0.25) is 5.95 Å². The molecule has 2 aromatic heterocycles. The maximum atomic E-state index is 13.0. The first-order valence-electron chi connectivity index (χ1n) is 10.4. The van der Waals surface area contributed by atoms with Crippen molar-refractivity contribution in [2.24, 2.45) is 7.05 Å². The van der Waals surface area contributed by atoms with Gasteiger partial charge in [-0.05, 0) is 47.9 Å². The van der Waals surface area contributed by atoms with Gasteiger partial charge in [0.05, 0.1) is 6.20 Å². The minimum absolute atomic E-state index is 0.170. The van der Waals surface area contributed by atoms with E-state index in [1.807, 2.05) is 37.5 Å². The second kappa shape index (κ2) is 10.3. The molecule has 0 aliphatic heterocycles. The molecule has 0 aliphatic carbocycles. The van der Waals surface area contributed by atoms with Crippen molar-refractivity contribution in [1.29, 1.82) is 0 Å². The van der Waals surface area contributed by atoms with E-state index in [2.05, 4.69) is 20.4 Å². The lowest BCUT2D eigenvalue weighted by Gasteiger charge is -2.09. The summed E-state index contributed by atoms with van der Waals surface area (Å²) in [4.78, 5) is 19.4. The average Bonchev–Trinajstić information content (AvgIpc) is 3.22. The van der Waals surface area contributed by atoms with Crippen molar-refractivity contribution in [1.82, 2.24) is 19.7 Å². The molecule has 0 unspecified atom stereocenters. The van der Waals surface area contributed by atoms with Crippen LogP contribution in [0.2, 0.25) is 5.02 Å². The Labute approximate surface area is 195 Å². The van der Waals surface area contributed by atoms with Crippen LogP contribution in [-0.2, 0) is 26.6 Å². The van der Waals surface area contributed by atoms with Crippen molar-refractivity contribution in [2.75, 3.05) is 11.9 Å². The maximum Gasteiger partial charge on any atom is 0.255 e. The maximum absolute atomic E-state index is 13.0. The van der Waals surface area contributed by atoms with E-state index in [9.17, 15) is 9.18 Å². The number of ether oxygens (including phenoxy) is 1. The number of nitrogens with zero attached hydrogens (tertiary/aromatic N) is 3. The normalized spacial score (nSPS) is 10.9. The number of aromatic nitrogens is 4. The molecule has 0 atom stereocenters. The number of benzene rings is 2. The summed E-state index contributed by atoms with van der Waals surface area (Å²) in [6, 6.07) is 12.5. The van der Waals surface area contributed by atoms with Crippen LogP contribution in [0.25, 0.3) is 0 Å². The fourth-order valence-corrected chi connectivity index (χ4v) is 3.49. The standard InChI is InChI=1S/C24H23ClFN5O2/c1-31-15-17(13-29-31)10-19-14-28-24(30-23(19)32)27-9-8-16-2-4-20(5-3-16)33-21-6-7-22(25)18(11-21)12-26/h2-7,11,13-15H,8-10,12H2,1H3,(H2,27,28,30,32). The fourth-order valence-electron chi connectivity index (χ4n) is 3.32. The number of hydrogen-bond acceptors (Lipinski definition) is 5. The van der Waals surface area contributed by atoms with Gasteiger partial charge in [0.1, 0.15) is 18.2 Å². The van der Waals surface area contributed by atoms with E-state index in [-0.39, 0.29) is 5.56 Å². The Bertz CT molecular complexity index is 1290. The van der Waals surface area contributed by atoms with E-state index in [1.54, 1.807) is 35.3 Å². The number of aromatic amines is 1. The highest BCUT2D eigenvalue weighted by molar-refractivity contribution is 6.31. The molecule has 0 saturated carbocycles. The van der Waals surface area contributed by atoms with Crippen molar-refractivity contribution in [3.05, 3.63) is 98.7 Å². The predicted octanol–water partition coefficient (Wildman–Crippen LogP) is 4.66. The number of nitrogens with one attached hydrogen (secondary N) is 2. The van der Waals surface area contributed by atoms with Crippen molar-refractivity contribution in [3.8, 4) is 11.5 Å². The number of halogens is 2. The van der Waals surface area contributed by atoms with Gasteiger partial charge in [-0.25, -0.2) is 9.37 Å². The molecule has 0 spiro atoms. The van der Waals surface area contributed by atoms with Crippen LogP contribution in [-0.4, -0.2) is 26.3 Å². The van der Waals surface area contributed by atoms with Crippen LogP contribution < -0.4 is 15.6 Å². The second-order valence-electron chi connectivity index (χ2n) is 7.59. The molecule has 2 heterocycles. The van der Waals surface area contributed by atoms with Gasteiger partial charge in [0.15, 0.2) is 0 Å². The molecule has 0 bridgehead atoms. The molecule has 7 nitrogen and oxygen atoms in total. The topological polar surface area (TPSA) is 84.8 Å². The van der Waals surface area contributed by atoms with Crippen LogP contribution in [0.1, 0.15) is 22.3 Å². The zero-order valence-corrected chi connectivity index (χ0v) is 18.8. The first-order chi connectivity index (χ1) is 16.0. The van der Waals surface area contributed by atoms with Crippen molar-refractivity contribution in [2.45, 2.75) is 19.5 Å². The summed E-state index contributed by atoms with van der Waals surface area (Å²) in [7, 11) is 1.84. The first-order valence-corrected chi connectivity index (χ1v) is 10.8. The number of anilines is 1. The van der Waals surface area contributed by atoms with Gasteiger partial charge in [-0.1, -0.05) is 23.7 Å². The Hall–Kier alpha value is -3.65. The van der Waals surface area contributed by atoms with Crippen molar-refractivity contribution < 1.29 is 9.13 Å². The minimum atomic E-state index is -0.644. The van der Waals surface area contributed by atoms with Crippen molar-refractivity contribution >= 4 is 17.5 Å². The van der Waals surface area contributed by atoms with E-state index in [1.165, 1.54) is 0 Å². The minimum Gasteiger partial charge on any atom is -0.457 e. The summed E-state index contributed by atoms with van der Waals surface area (Å²) in [6.45, 7) is -0.0442. The highest BCUT2D eigenvalue weighted by Crippen LogP contribution is 2.27. The zero-order chi connectivity index (χ0) is 23.2. The summed E-state index contributed by atoms with van der Waals surface area (Å²) < 4.78 is 20.4. The first kappa shape index (κ1) is 22.5. The molecule has 9 heteroatoms. The second-order valence-corrected chi connectivity index (χ2v) is 8.00. The van der Waals surface area contributed by atoms with Gasteiger partial charge in [-0.15, -0.1) is 0 Å². The smallest absolute Gasteiger partial charge is 0.255 e. The lowest BCUT2D eigenvalue weighted by atomic mass is 10.1. The summed E-state index contributed by atoms with van der Waals surface area (Å²) in [6.07, 6.45) is 6.41. The fraction of sp³-hybridized carbons (Fsp3) is 0.208. The van der Waals surface area contributed by atoms with Gasteiger partial charge in [-0.3, -0.25) is 14.5 Å². The quantitative estimate of drug-likeness (QED) is 0.374. The third-order valence-electron chi connectivity index (χ3n) is 5.05. The van der Waals surface area contributed by atoms with E-state index in [0.717, 1.165) is 17.5 Å². The summed E-state index contributed by atoms with van der Waals surface area (Å²) in [5.41, 5.74) is 2.86. The molecule has 0 saturated heterocycles. The average molecular weight is 468 g/mol. The number of hydrogen-bond donors (Lipinski definition) is 2. The molecule has 0 fully saturated rings. The van der Waals surface area contributed by atoms with Crippen LogP contribution >= 0.6 is 11.6 Å². The Balaban J connectivity index is 1.29. The zero-order valence-electron chi connectivity index (χ0n) is 18.0. The molecule has 4 rings (SSSR count). The summed E-state index contributed by atoms with van der Waals surface area (Å²) >= 11 is 5.93. The van der Waals surface area contributed by atoms with E-state index in [0.29, 0.717) is 46.6 Å². The van der Waals surface area contributed by atoms with Crippen LogP contribution in [0.5, 0.6) is 11.5 Å². The third-order valence-corrected chi connectivity index (χ3v) is 5.42. The highest BCUT2D eigenvalue weighted by atomic mass is 35.5. The Morgan fingerprint density at radius 2 is 1.88 bits per heavy atom. The van der Waals surface area contributed by atoms with E-state index < -0.39 is 6.67 Å². The Morgan fingerprint density at radius 3 is 2.58 bits per heavy atom. The van der Waals surface area contributed by atoms with Crippen molar-refractivity contribution in [3.63, 3.8) is 0 Å². The van der Waals surface area contributed by atoms with Crippen LogP contribution in [0.3, 0.4) is 0 Å². The SMILES string of the molecule is Cn1cc(Cc2cnc(NCCc3ccc(Oc4ccc(Cl)c(CF)c4)cc3)[nH]c2=O)cn1. The Morgan fingerprint density at radius 1 is 1.09 bits per heavy atom. The van der Waals surface area contributed by atoms with Crippen LogP contribution in [0.15, 0.2) is 65.8 Å². The molecule has 0 radical (unpaired) electrons. The molecular formula is C24H23ClFN5O2. The van der Waals surface area contributed by atoms with Crippen LogP contribution in [0, 0.1) is 0 Å². The molecule has 170 valence electrons. The molecule has 0 amide bonds. The summed E-state index contributed by atoms with van der Waals surface area (Å²) in [5.74, 6) is 1.61. The number of alkyl halides is 1. The molecule has 4 aromatic rings. The Kier molecular flexibility index (Phi) is 7.04. The van der Waals surface area contributed by atoms with Gasteiger partial charge in [0, 0.05) is 48.6 Å². The molecule has 0 aliphatic rings. The van der Waals surface area contributed by atoms with E-state index >= 15 is 0 Å². The summed E-state index contributed by atoms with van der Waals surface area (Å²) in [5, 5.41) is 7.63. The molecule has 2 N–H and O–H groups in total. The number of rotatable bonds is 9. The molecule has 33 heavy (non-hydrogen) atoms. The lowest BCUT2D eigenvalue weighted by molar-refractivity contribution is 0.468. The number of aryl methyl sites for hydroxylation is 1. The van der Waals surface area contributed by atoms with Gasteiger partial charge in [0.25, 0.3) is 5.56 Å². The highest BCUT2D eigenvalue weighted by Gasteiger charge is 2.07. The third kappa shape index (κ3) is 5.98. The lowest BCUT2D eigenvalue weighted by Crippen LogP contribution is -2.18. The van der Waals surface area contributed by atoms with Gasteiger partial charge in [-0.2, -0.15) is 5.10 Å². The molecular weight excluding hydrogens is 445 g/mol. The van der Waals surface area contributed by atoms with Crippen LogP contribution in [0.4, 0.5) is 10.3 Å². The van der Waals surface area contributed by atoms with E-state index in [4.69, 9.17) is 16.3 Å².